The highest BCUT2D eigenvalue weighted by atomic mass is 16.7. The average Bonchev–Trinajstić information content (AvgIpc) is 3.47. The van der Waals surface area contributed by atoms with Crippen molar-refractivity contribution in [2.24, 2.45) is 39.4 Å². The molecule has 268 valence electrons. The number of allylic oxidation sites excluding steroid dienone is 1. The van der Waals surface area contributed by atoms with E-state index in [1.54, 1.807) is 13.8 Å². The number of fused-ring (bicyclic) bond motifs is 5. The van der Waals surface area contributed by atoms with E-state index in [4.69, 9.17) is 14.2 Å². The Kier molecular flexibility index (Phi) is 8.58. The summed E-state index contributed by atoms with van der Waals surface area (Å²) < 4.78 is 18.5. The predicted octanol–water partition coefficient (Wildman–Crippen LogP) is 1.61. The summed E-state index contributed by atoms with van der Waals surface area (Å²) in [5, 5.41) is 75.4. The van der Waals surface area contributed by atoms with Gasteiger partial charge in [0.05, 0.1) is 42.2 Å². The van der Waals surface area contributed by atoms with Crippen molar-refractivity contribution in [3.05, 3.63) is 11.6 Å². The van der Waals surface area contributed by atoms with Crippen LogP contribution in [-0.4, -0.2) is 114 Å². The van der Waals surface area contributed by atoms with Crippen LogP contribution in [0.5, 0.6) is 0 Å². The topological polar surface area (TPSA) is 186 Å². The minimum Gasteiger partial charge on any atom is -0.394 e. The van der Waals surface area contributed by atoms with Gasteiger partial charge in [-0.15, -0.1) is 0 Å². The molecule has 5 fully saturated rings. The summed E-state index contributed by atoms with van der Waals surface area (Å²) in [6, 6.07) is 0. The Morgan fingerprint density at radius 3 is 2.23 bits per heavy atom. The summed E-state index contributed by atoms with van der Waals surface area (Å²) in [7, 11) is 0. The molecule has 7 N–H and O–H groups in total. The van der Waals surface area contributed by atoms with E-state index < -0.39 is 88.5 Å². The molecule has 0 amide bonds. The molecule has 2 heterocycles. The molecule has 0 aromatic heterocycles. The first-order chi connectivity index (χ1) is 21.6. The van der Waals surface area contributed by atoms with Gasteiger partial charge in [0.2, 0.25) is 0 Å². The van der Waals surface area contributed by atoms with Gasteiger partial charge in [0.1, 0.15) is 30.2 Å². The predicted molar refractivity (Wildman–Crippen MR) is 170 cm³/mol. The molecule has 2 aliphatic heterocycles. The molecule has 0 aromatic carbocycles. The fraction of sp³-hybridized carbons (Fsp3) is 0.917. The van der Waals surface area contributed by atoms with Gasteiger partial charge in [-0.05, 0) is 75.5 Å². The third-order valence-electron chi connectivity index (χ3n) is 14.5. The summed E-state index contributed by atoms with van der Waals surface area (Å²) >= 11 is 0. The Hall–Kier alpha value is -0.990. The smallest absolute Gasteiger partial charge is 0.187 e. The Morgan fingerprint density at radius 1 is 0.979 bits per heavy atom. The second-order valence-corrected chi connectivity index (χ2v) is 17.9. The number of aliphatic hydroxyl groups is 7. The van der Waals surface area contributed by atoms with Crippen LogP contribution in [0.25, 0.3) is 0 Å². The van der Waals surface area contributed by atoms with Gasteiger partial charge >= 0.3 is 0 Å². The highest BCUT2D eigenvalue weighted by Crippen LogP contribution is 2.75. The van der Waals surface area contributed by atoms with Crippen LogP contribution < -0.4 is 0 Å². The Bertz CT molecular complexity index is 1280. The van der Waals surface area contributed by atoms with Crippen LogP contribution in [0.15, 0.2) is 11.6 Å². The van der Waals surface area contributed by atoms with Crippen LogP contribution in [0.1, 0.15) is 93.9 Å². The van der Waals surface area contributed by atoms with Crippen molar-refractivity contribution in [3.63, 3.8) is 0 Å². The number of Topliss-reactive ketones (excluding diaryl/α,β-unsaturated/α-hetero) is 1. The van der Waals surface area contributed by atoms with E-state index in [2.05, 4.69) is 19.9 Å². The van der Waals surface area contributed by atoms with Crippen molar-refractivity contribution in [1.29, 1.82) is 0 Å². The zero-order valence-corrected chi connectivity index (χ0v) is 29.2. The van der Waals surface area contributed by atoms with Gasteiger partial charge < -0.3 is 50.0 Å². The third kappa shape index (κ3) is 4.93. The molecule has 0 spiro atoms. The van der Waals surface area contributed by atoms with E-state index in [0.29, 0.717) is 25.7 Å². The molecule has 2 saturated heterocycles. The number of rotatable bonds is 5. The zero-order chi connectivity index (χ0) is 34.9. The van der Waals surface area contributed by atoms with Gasteiger partial charge in [0.25, 0.3) is 0 Å². The largest absolute Gasteiger partial charge is 0.394 e. The summed E-state index contributed by atoms with van der Waals surface area (Å²) in [6.07, 6.45) is -5.09. The Balaban J connectivity index is 1.34. The molecular weight excluding hydrogens is 608 g/mol. The van der Waals surface area contributed by atoms with Crippen molar-refractivity contribution in [1.82, 2.24) is 0 Å². The molecule has 0 radical (unpaired) electrons. The second kappa shape index (κ2) is 11.3. The summed E-state index contributed by atoms with van der Waals surface area (Å²) in [4.78, 5) is 14.8. The molecule has 0 unspecified atom stereocenters. The molecule has 47 heavy (non-hydrogen) atoms. The lowest BCUT2D eigenvalue weighted by Gasteiger charge is -2.65. The van der Waals surface area contributed by atoms with Crippen LogP contribution in [0.4, 0.5) is 0 Å². The van der Waals surface area contributed by atoms with Crippen LogP contribution >= 0.6 is 0 Å². The second-order valence-electron chi connectivity index (χ2n) is 17.9. The Labute approximate surface area is 278 Å². The molecule has 11 heteroatoms. The monoisotopic (exact) mass is 666 g/mol. The van der Waals surface area contributed by atoms with Gasteiger partial charge in [0.15, 0.2) is 6.29 Å². The third-order valence-corrected chi connectivity index (χ3v) is 14.5. The zero-order valence-electron chi connectivity index (χ0n) is 29.2. The first-order valence-electron chi connectivity index (χ1n) is 17.5. The number of ketones is 1. The molecule has 3 saturated carbocycles. The van der Waals surface area contributed by atoms with Crippen LogP contribution in [0, 0.1) is 39.4 Å². The maximum absolute atomic E-state index is 14.8. The highest BCUT2D eigenvalue weighted by Gasteiger charge is 2.75. The lowest BCUT2D eigenvalue weighted by molar-refractivity contribution is -0.323. The maximum atomic E-state index is 14.8. The quantitative estimate of drug-likeness (QED) is 0.211. The number of carbonyl (C=O) groups excluding carboxylic acids is 1. The average molecular weight is 667 g/mol. The lowest BCUT2D eigenvalue weighted by atomic mass is 9.38. The molecule has 0 bridgehead atoms. The van der Waals surface area contributed by atoms with Crippen molar-refractivity contribution in [3.8, 4) is 0 Å². The van der Waals surface area contributed by atoms with Crippen molar-refractivity contribution in [2.75, 3.05) is 6.61 Å². The highest BCUT2D eigenvalue weighted by molar-refractivity contribution is 5.88. The number of ether oxygens (including phenoxy) is 3. The van der Waals surface area contributed by atoms with Gasteiger partial charge in [-0.25, -0.2) is 0 Å². The first-order valence-corrected chi connectivity index (χ1v) is 17.5. The molecule has 4 aliphatic carbocycles. The Morgan fingerprint density at radius 2 is 1.64 bits per heavy atom. The van der Waals surface area contributed by atoms with E-state index in [9.17, 15) is 40.5 Å². The number of hydrogen-bond donors (Lipinski definition) is 7. The van der Waals surface area contributed by atoms with E-state index in [-0.39, 0.29) is 42.5 Å². The first kappa shape index (κ1) is 35.8. The summed E-state index contributed by atoms with van der Waals surface area (Å²) in [6.45, 7) is 15.2. The fourth-order valence-electron chi connectivity index (χ4n) is 11.7. The number of aliphatic hydroxyl groups excluding tert-OH is 6. The van der Waals surface area contributed by atoms with E-state index in [0.717, 1.165) is 5.57 Å². The standard InChI is InChI=1S/C36H58O11/c1-31(2)17-9-10-22-33(5)14-19(38)28(35(7)12-11-24(47-35)32(3,4)44)34(33,6)15-23(39)36(22,8)18(17)13-20(29(31)43)45-30-27(42)26(41)25(40)21(16-37)46-30/h9,18-22,24-30,37-38,40-44H,10-16H2,1-8H3/t18-,19-,20+,21+,22-,24+,25+,26-,27+,28+,29+,30+,33+,34-,35-,36+/m1/s1. The minimum atomic E-state index is -1.62. The van der Waals surface area contributed by atoms with E-state index in [1.807, 2.05) is 27.7 Å². The van der Waals surface area contributed by atoms with Crippen molar-refractivity contribution >= 4 is 5.78 Å². The van der Waals surface area contributed by atoms with Gasteiger partial charge in [-0.3, -0.25) is 4.79 Å². The molecule has 11 nitrogen and oxygen atoms in total. The van der Waals surface area contributed by atoms with E-state index in [1.165, 1.54) is 0 Å². The molecule has 6 rings (SSSR count). The lowest BCUT2D eigenvalue weighted by Crippen LogP contribution is -2.66. The number of hydrogen-bond acceptors (Lipinski definition) is 11. The SMILES string of the molecule is CC(C)(O)[C@@H]1CC[C@](C)([C@H]2[C@H](O)C[C@@]3(C)[C@H]4CC=C5[C@@H](C[C@H](O[C@H]6O[C@@H](CO)[C@H](O)[C@@H](O)[C@@H]6O)[C@H](O)C5(C)C)[C@]4(C)C(=O)C[C@]23C)O1. The van der Waals surface area contributed by atoms with Crippen LogP contribution in [0.2, 0.25) is 0 Å². The minimum absolute atomic E-state index is 0.108. The van der Waals surface area contributed by atoms with Gasteiger partial charge in [-0.2, -0.15) is 0 Å². The molecule has 6 aliphatic rings. The molecule has 16 atom stereocenters. The normalized spacial score (nSPS) is 54.4. The summed E-state index contributed by atoms with van der Waals surface area (Å²) in [5.41, 5.74) is -3.38. The van der Waals surface area contributed by atoms with Crippen molar-refractivity contribution < 1.29 is 54.8 Å². The van der Waals surface area contributed by atoms with Crippen LogP contribution in [0.3, 0.4) is 0 Å². The van der Waals surface area contributed by atoms with Gasteiger partial charge in [0, 0.05) is 23.2 Å². The fourth-order valence-corrected chi connectivity index (χ4v) is 11.7. The van der Waals surface area contributed by atoms with E-state index >= 15 is 0 Å². The van der Waals surface area contributed by atoms with Gasteiger partial charge in [-0.1, -0.05) is 46.3 Å². The summed E-state index contributed by atoms with van der Waals surface area (Å²) in [5.74, 6) is -0.629. The number of carbonyl (C=O) groups is 1. The maximum Gasteiger partial charge on any atom is 0.187 e. The van der Waals surface area contributed by atoms with Crippen molar-refractivity contribution in [2.45, 2.75) is 160 Å². The molecule has 0 aromatic rings. The molecular formula is C36H58O11. The van der Waals surface area contributed by atoms with Crippen LogP contribution in [-0.2, 0) is 19.0 Å².